The molecule has 146 valence electrons. The van der Waals surface area contributed by atoms with Gasteiger partial charge >= 0.3 is 12.2 Å². The van der Waals surface area contributed by atoms with Crippen molar-refractivity contribution in [2.24, 2.45) is 0 Å². The Morgan fingerprint density at radius 3 is 2.79 bits per heavy atom. The average Bonchev–Trinajstić information content (AvgIpc) is 3.10. The molecule has 3 aromatic rings. The third-order valence-corrected chi connectivity index (χ3v) is 4.90. The summed E-state index contributed by atoms with van der Waals surface area (Å²) in [6, 6.07) is 4.94. The molecule has 1 fully saturated rings. The summed E-state index contributed by atoms with van der Waals surface area (Å²) >= 11 is 0. The van der Waals surface area contributed by atoms with Crippen LogP contribution in [0.3, 0.4) is 0 Å². The number of likely N-dealkylation sites (tertiary alicyclic amines) is 1. The zero-order chi connectivity index (χ0) is 19.7. The van der Waals surface area contributed by atoms with Crippen LogP contribution in [0.4, 0.5) is 13.2 Å². The molecule has 0 spiro atoms. The second-order valence-electron chi connectivity index (χ2n) is 6.77. The van der Waals surface area contributed by atoms with Crippen LogP contribution in [0.15, 0.2) is 36.8 Å². The van der Waals surface area contributed by atoms with Crippen LogP contribution in [0.2, 0.25) is 0 Å². The number of hydrogen-bond donors (Lipinski definition) is 0. The molecule has 1 saturated heterocycles. The highest BCUT2D eigenvalue weighted by molar-refractivity contribution is 5.78. The number of alkyl halides is 3. The van der Waals surface area contributed by atoms with Gasteiger partial charge in [-0.25, -0.2) is 9.97 Å². The van der Waals surface area contributed by atoms with Crippen LogP contribution in [0.5, 0.6) is 6.01 Å². The lowest BCUT2D eigenvalue weighted by atomic mass is 10.1. The lowest BCUT2D eigenvalue weighted by molar-refractivity contribution is -0.137. The fourth-order valence-electron chi connectivity index (χ4n) is 3.32. The summed E-state index contributed by atoms with van der Waals surface area (Å²) in [5, 5.41) is 0.622. The Morgan fingerprint density at radius 1 is 1.18 bits per heavy atom. The molecule has 0 radical (unpaired) electrons. The number of fused-ring (bicyclic) bond motifs is 1. The quantitative estimate of drug-likeness (QED) is 0.680. The standard InChI is InChI=1S/C19H18F3N5O/c1-27-8-2-3-13(27)11-28-18-24-9-12-4-5-16(25-17(12)26-18)14-6-7-23-10-15(14)19(20,21)22/h4-7,9-10,13H,2-3,8,11H2,1H3/t13-/m0/s1. The minimum atomic E-state index is -4.52. The number of nitrogens with zero attached hydrogens (tertiary/aromatic N) is 5. The minimum Gasteiger partial charge on any atom is -0.462 e. The number of pyridine rings is 2. The van der Waals surface area contributed by atoms with E-state index in [2.05, 4.69) is 24.8 Å². The molecule has 9 heteroatoms. The summed E-state index contributed by atoms with van der Waals surface area (Å²) in [7, 11) is 2.04. The molecule has 0 saturated carbocycles. The second kappa shape index (κ2) is 7.31. The minimum absolute atomic E-state index is 0.0435. The van der Waals surface area contributed by atoms with E-state index in [9.17, 15) is 13.2 Å². The molecular formula is C19H18F3N5O. The summed E-state index contributed by atoms with van der Waals surface area (Å²) < 4.78 is 45.5. The highest BCUT2D eigenvalue weighted by Crippen LogP contribution is 2.36. The van der Waals surface area contributed by atoms with E-state index in [-0.39, 0.29) is 22.9 Å². The van der Waals surface area contributed by atoms with Gasteiger partial charge in [0.05, 0.1) is 11.3 Å². The topological polar surface area (TPSA) is 64.0 Å². The summed E-state index contributed by atoms with van der Waals surface area (Å²) in [4.78, 5) is 18.6. The first-order valence-electron chi connectivity index (χ1n) is 8.90. The van der Waals surface area contributed by atoms with Gasteiger partial charge in [0.25, 0.3) is 0 Å². The van der Waals surface area contributed by atoms with E-state index in [0.717, 1.165) is 25.6 Å². The Morgan fingerprint density at radius 2 is 2.04 bits per heavy atom. The molecule has 3 aromatic heterocycles. The van der Waals surface area contributed by atoms with Gasteiger partial charge in [0.15, 0.2) is 5.65 Å². The van der Waals surface area contributed by atoms with Crippen molar-refractivity contribution in [2.75, 3.05) is 20.2 Å². The number of rotatable bonds is 4. The highest BCUT2D eigenvalue weighted by atomic mass is 19.4. The summed E-state index contributed by atoms with van der Waals surface area (Å²) in [6.07, 6.45) is 1.32. The van der Waals surface area contributed by atoms with Crippen LogP contribution in [0.1, 0.15) is 18.4 Å². The van der Waals surface area contributed by atoms with Crippen molar-refractivity contribution in [1.29, 1.82) is 0 Å². The van der Waals surface area contributed by atoms with E-state index in [1.165, 1.54) is 18.3 Å². The first-order chi connectivity index (χ1) is 13.4. The number of aromatic nitrogens is 4. The van der Waals surface area contributed by atoms with Crippen LogP contribution in [-0.4, -0.2) is 51.1 Å². The van der Waals surface area contributed by atoms with Crippen molar-refractivity contribution in [2.45, 2.75) is 25.1 Å². The molecule has 1 aliphatic heterocycles. The van der Waals surface area contributed by atoms with Gasteiger partial charge in [-0.3, -0.25) is 4.98 Å². The van der Waals surface area contributed by atoms with Gasteiger partial charge in [-0.2, -0.15) is 18.2 Å². The fraction of sp³-hybridized carbons (Fsp3) is 0.368. The molecule has 1 atom stereocenters. The number of ether oxygens (including phenoxy) is 1. The van der Waals surface area contributed by atoms with Crippen molar-refractivity contribution in [3.05, 3.63) is 42.4 Å². The summed E-state index contributed by atoms with van der Waals surface area (Å²) in [5.41, 5.74) is -0.427. The molecule has 6 nitrogen and oxygen atoms in total. The molecular weight excluding hydrogens is 371 g/mol. The maximum Gasteiger partial charge on any atom is 0.418 e. The van der Waals surface area contributed by atoms with Crippen molar-refractivity contribution in [1.82, 2.24) is 24.8 Å². The van der Waals surface area contributed by atoms with E-state index in [4.69, 9.17) is 4.74 Å². The van der Waals surface area contributed by atoms with Gasteiger partial charge in [0.1, 0.15) is 6.61 Å². The summed E-state index contributed by atoms with van der Waals surface area (Å²) in [6.45, 7) is 1.50. The van der Waals surface area contributed by atoms with Gasteiger partial charge in [0, 0.05) is 35.6 Å². The van der Waals surface area contributed by atoms with Gasteiger partial charge in [-0.15, -0.1) is 0 Å². The zero-order valence-electron chi connectivity index (χ0n) is 15.1. The zero-order valence-corrected chi connectivity index (χ0v) is 15.1. The third kappa shape index (κ3) is 3.75. The average molecular weight is 389 g/mol. The predicted octanol–water partition coefficient (Wildman–Crippen LogP) is 3.58. The van der Waals surface area contributed by atoms with Crippen LogP contribution in [-0.2, 0) is 6.18 Å². The second-order valence-corrected chi connectivity index (χ2v) is 6.77. The normalized spacial score (nSPS) is 17.9. The van der Waals surface area contributed by atoms with Crippen LogP contribution >= 0.6 is 0 Å². The van der Waals surface area contributed by atoms with E-state index in [1.807, 2.05) is 7.05 Å². The lowest BCUT2D eigenvalue weighted by Gasteiger charge is -2.18. The molecule has 0 bridgehead atoms. The van der Waals surface area contributed by atoms with Crippen LogP contribution < -0.4 is 4.74 Å². The molecule has 4 rings (SSSR count). The monoisotopic (exact) mass is 389 g/mol. The Bertz CT molecular complexity index is 995. The van der Waals surface area contributed by atoms with Crippen molar-refractivity contribution >= 4 is 11.0 Å². The molecule has 0 N–H and O–H groups in total. The maximum atomic E-state index is 13.3. The van der Waals surface area contributed by atoms with Crippen molar-refractivity contribution < 1.29 is 17.9 Å². The fourth-order valence-corrected chi connectivity index (χ4v) is 3.32. The smallest absolute Gasteiger partial charge is 0.418 e. The molecule has 0 amide bonds. The Balaban J connectivity index is 1.64. The first-order valence-corrected chi connectivity index (χ1v) is 8.90. The predicted molar refractivity (Wildman–Crippen MR) is 96.7 cm³/mol. The van der Waals surface area contributed by atoms with Crippen LogP contribution in [0.25, 0.3) is 22.3 Å². The lowest BCUT2D eigenvalue weighted by Crippen LogP contribution is -2.30. The third-order valence-electron chi connectivity index (χ3n) is 4.90. The van der Waals surface area contributed by atoms with Crippen LogP contribution in [0, 0.1) is 0 Å². The Labute approximate surface area is 159 Å². The molecule has 1 aliphatic rings. The molecule has 0 unspecified atom stereocenters. The maximum absolute atomic E-state index is 13.3. The molecule has 28 heavy (non-hydrogen) atoms. The van der Waals surface area contributed by atoms with Gasteiger partial charge < -0.3 is 9.64 Å². The highest BCUT2D eigenvalue weighted by Gasteiger charge is 2.34. The Hall–Kier alpha value is -2.81. The molecule has 0 aliphatic carbocycles. The SMILES string of the molecule is CN1CCC[C@H]1COc1ncc2ccc(-c3ccncc3C(F)(F)F)nc2n1. The van der Waals surface area contributed by atoms with E-state index in [1.54, 1.807) is 12.3 Å². The number of hydrogen-bond acceptors (Lipinski definition) is 6. The first kappa shape index (κ1) is 18.5. The number of likely N-dealkylation sites (N-methyl/N-ethyl adjacent to an activating group) is 1. The van der Waals surface area contributed by atoms with Gasteiger partial charge in [-0.05, 0) is 44.6 Å². The molecule has 0 aromatic carbocycles. The van der Waals surface area contributed by atoms with E-state index >= 15 is 0 Å². The largest absolute Gasteiger partial charge is 0.462 e. The van der Waals surface area contributed by atoms with Crippen molar-refractivity contribution in [3.63, 3.8) is 0 Å². The van der Waals surface area contributed by atoms with Crippen molar-refractivity contribution in [3.8, 4) is 17.3 Å². The Kier molecular flexibility index (Phi) is 4.84. The van der Waals surface area contributed by atoms with E-state index < -0.39 is 11.7 Å². The summed E-state index contributed by atoms with van der Waals surface area (Å²) in [5.74, 6) is 0. The number of halogens is 3. The van der Waals surface area contributed by atoms with E-state index in [0.29, 0.717) is 18.0 Å². The van der Waals surface area contributed by atoms with Gasteiger partial charge in [-0.1, -0.05) is 0 Å². The molecule has 4 heterocycles. The van der Waals surface area contributed by atoms with Gasteiger partial charge in [0.2, 0.25) is 0 Å².